The quantitative estimate of drug-likeness (QED) is 0.735. The lowest BCUT2D eigenvalue weighted by Crippen LogP contribution is -2.44. The third kappa shape index (κ3) is 1.63. The minimum atomic E-state index is -1.15. The van der Waals surface area contributed by atoms with Crippen LogP contribution in [0.15, 0.2) is 18.2 Å². The Labute approximate surface area is 87.1 Å². The number of hydrogen-bond acceptors (Lipinski definition) is 3. The van der Waals surface area contributed by atoms with Gasteiger partial charge in [0.15, 0.2) is 0 Å². The first-order chi connectivity index (χ1) is 7.01. The van der Waals surface area contributed by atoms with Crippen molar-refractivity contribution in [3.63, 3.8) is 0 Å². The maximum absolute atomic E-state index is 11.0. The molecule has 1 aliphatic heterocycles. The van der Waals surface area contributed by atoms with Crippen LogP contribution in [-0.2, 0) is 11.2 Å². The molecule has 0 radical (unpaired) electrons. The highest BCUT2D eigenvalue weighted by molar-refractivity contribution is 5.78. The van der Waals surface area contributed by atoms with E-state index in [4.69, 9.17) is 9.84 Å². The molecule has 0 aliphatic carbocycles. The summed E-state index contributed by atoms with van der Waals surface area (Å²) in [5.74, 6) is -0.235. The van der Waals surface area contributed by atoms with Gasteiger partial charge in [0.05, 0.1) is 0 Å². The van der Waals surface area contributed by atoms with Gasteiger partial charge < -0.3 is 14.9 Å². The minimum absolute atomic E-state index is 0.177. The molecule has 2 N–H and O–H groups in total. The van der Waals surface area contributed by atoms with Gasteiger partial charge >= 0.3 is 5.97 Å². The zero-order valence-electron chi connectivity index (χ0n) is 8.36. The zero-order valence-corrected chi connectivity index (χ0v) is 8.36. The van der Waals surface area contributed by atoms with Gasteiger partial charge in [-0.15, -0.1) is 0 Å². The fourth-order valence-electron chi connectivity index (χ4n) is 1.68. The summed E-state index contributed by atoms with van der Waals surface area (Å²) < 4.78 is 5.43. The highest BCUT2D eigenvalue weighted by Crippen LogP contribution is 2.35. The van der Waals surface area contributed by atoms with E-state index in [-0.39, 0.29) is 5.75 Å². The van der Waals surface area contributed by atoms with Crippen LogP contribution in [0.1, 0.15) is 18.9 Å². The summed E-state index contributed by atoms with van der Waals surface area (Å²) in [4.78, 5) is 11.0. The van der Waals surface area contributed by atoms with Crippen molar-refractivity contribution >= 4 is 5.97 Å². The Hall–Kier alpha value is -1.71. The second-order valence-corrected chi connectivity index (χ2v) is 3.93. The van der Waals surface area contributed by atoms with Crippen molar-refractivity contribution in [3.05, 3.63) is 23.8 Å². The summed E-state index contributed by atoms with van der Waals surface area (Å²) in [6.07, 6.45) is 1.02. The number of phenols is 1. The molecule has 0 spiro atoms. The van der Waals surface area contributed by atoms with Crippen molar-refractivity contribution in [2.24, 2.45) is 0 Å². The largest absolute Gasteiger partial charge is 0.508 e. The number of fused-ring (bicyclic) bond motifs is 1. The number of aromatic hydroxyl groups is 1. The van der Waals surface area contributed by atoms with Gasteiger partial charge in [-0.1, -0.05) is 0 Å². The predicted molar refractivity (Wildman–Crippen MR) is 53.1 cm³/mol. The molecule has 80 valence electrons. The lowest BCUT2D eigenvalue weighted by atomic mass is 9.93. The van der Waals surface area contributed by atoms with E-state index in [0.717, 1.165) is 5.56 Å². The number of benzene rings is 1. The molecule has 0 bridgehead atoms. The van der Waals surface area contributed by atoms with Crippen molar-refractivity contribution in [1.82, 2.24) is 0 Å². The number of carboxylic acids is 1. The number of carbonyl (C=O) groups is 1. The molecule has 0 fully saturated rings. The second-order valence-electron chi connectivity index (χ2n) is 3.93. The van der Waals surface area contributed by atoms with Crippen LogP contribution in [0.4, 0.5) is 0 Å². The fourth-order valence-corrected chi connectivity index (χ4v) is 1.68. The molecule has 1 aromatic carbocycles. The Morgan fingerprint density at radius 1 is 1.53 bits per heavy atom. The van der Waals surface area contributed by atoms with E-state index in [2.05, 4.69) is 0 Å². The maximum Gasteiger partial charge on any atom is 0.347 e. The summed E-state index contributed by atoms with van der Waals surface area (Å²) in [5.41, 5.74) is -0.294. The average molecular weight is 208 g/mol. The standard InChI is InChI=1S/C11H12O4/c1-11(10(13)14)5-4-7-6-8(12)2-3-9(7)15-11/h2-3,6,12H,4-5H2,1H3,(H,13,14). The molecule has 0 amide bonds. The molecule has 1 heterocycles. The normalized spacial score (nSPS) is 24.1. The van der Waals surface area contributed by atoms with E-state index in [9.17, 15) is 9.90 Å². The van der Waals surface area contributed by atoms with Gasteiger partial charge in [-0.2, -0.15) is 0 Å². The van der Waals surface area contributed by atoms with Crippen LogP contribution in [0, 0.1) is 0 Å². The number of carboxylic acid groups (broad SMARTS) is 1. The fraction of sp³-hybridized carbons (Fsp3) is 0.364. The van der Waals surface area contributed by atoms with Crippen molar-refractivity contribution in [2.75, 3.05) is 0 Å². The first-order valence-electron chi connectivity index (χ1n) is 4.75. The lowest BCUT2D eigenvalue weighted by molar-refractivity contribution is -0.155. The van der Waals surface area contributed by atoms with Crippen LogP contribution in [0.2, 0.25) is 0 Å². The van der Waals surface area contributed by atoms with Gasteiger partial charge in [-0.3, -0.25) is 0 Å². The molecular weight excluding hydrogens is 196 g/mol. The molecule has 0 saturated heterocycles. The summed E-state index contributed by atoms with van der Waals surface area (Å²) in [7, 11) is 0. The Balaban J connectivity index is 2.35. The topological polar surface area (TPSA) is 66.8 Å². The molecule has 1 aliphatic rings. The highest BCUT2D eigenvalue weighted by atomic mass is 16.5. The first-order valence-corrected chi connectivity index (χ1v) is 4.75. The van der Waals surface area contributed by atoms with Crippen molar-refractivity contribution < 1.29 is 19.7 Å². The number of aliphatic carboxylic acids is 1. The van der Waals surface area contributed by atoms with Crippen molar-refractivity contribution in [2.45, 2.75) is 25.4 Å². The van der Waals surface area contributed by atoms with Crippen LogP contribution >= 0.6 is 0 Å². The van der Waals surface area contributed by atoms with Gasteiger partial charge in [0.1, 0.15) is 11.5 Å². The Bertz CT molecular complexity index is 413. The SMILES string of the molecule is CC1(C(=O)O)CCc2cc(O)ccc2O1. The summed E-state index contributed by atoms with van der Waals surface area (Å²) in [5, 5.41) is 18.3. The van der Waals surface area contributed by atoms with Crippen LogP contribution in [0.5, 0.6) is 11.5 Å². The van der Waals surface area contributed by atoms with Crippen molar-refractivity contribution in [1.29, 1.82) is 0 Å². The monoisotopic (exact) mass is 208 g/mol. The molecule has 0 saturated carbocycles. The molecule has 2 rings (SSSR count). The van der Waals surface area contributed by atoms with Gasteiger partial charge in [0, 0.05) is 6.42 Å². The van der Waals surface area contributed by atoms with Gasteiger partial charge in [-0.05, 0) is 37.1 Å². The van der Waals surface area contributed by atoms with E-state index < -0.39 is 11.6 Å². The smallest absolute Gasteiger partial charge is 0.347 e. The zero-order chi connectivity index (χ0) is 11.1. The van der Waals surface area contributed by atoms with Gasteiger partial charge in [0.2, 0.25) is 5.60 Å². The van der Waals surface area contributed by atoms with Crippen LogP contribution < -0.4 is 4.74 Å². The number of phenolic OH excluding ortho intramolecular Hbond substituents is 1. The molecule has 4 heteroatoms. The van der Waals surface area contributed by atoms with Crippen LogP contribution in [-0.4, -0.2) is 21.8 Å². The van der Waals surface area contributed by atoms with E-state index in [1.807, 2.05) is 0 Å². The lowest BCUT2D eigenvalue weighted by Gasteiger charge is -2.31. The molecule has 0 aromatic heterocycles. The molecule has 1 atom stereocenters. The Morgan fingerprint density at radius 3 is 2.93 bits per heavy atom. The second kappa shape index (κ2) is 3.15. The molecule has 1 aromatic rings. The summed E-state index contributed by atoms with van der Waals surface area (Å²) in [6.45, 7) is 1.56. The number of rotatable bonds is 1. The summed E-state index contributed by atoms with van der Waals surface area (Å²) in [6, 6.07) is 4.70. The van der Waals surface area contributed by atoms with Gasteiger partial charge in [0.25, 0.3) is 0 Å². The van der Waals surface area contributed by atoms with E-state index in [0.29, 0.717) is 18.6 Å². The van der Waals surface area contributed by atoms with Crippen LogP contribution in [0.3, 0.4) is 0 Å². The number of hydrogen-bond donors (Lipinski definition) is 2. The van der Waals surface area contributed by atoms with Crippen LogP contribution in [0.25, 0.3) is 0 Å². The summed E-state index contributed by atoms with van der Waals surface area (Å²) >= 11 is 0. The molecule has 1 unspecified atom stereocenters. The van der Waals surface area contributed by atoms with Gasteiger partial charge in [-0.25, -0.2) is 4.79 Å². The van der Waals surface area contributed by atoms with E-state index in [1.165, 1.54) is 6.07 Å². The minimum Gasteiger partial charge on any atom is -0.508 e. The Kier molecular flexibility index (Phi) is 2.07. The maximum atomic E-state index is 11.0. The molecule has 4 nitrogen and oxygen atoms in total. The van der Waals surface area contributed by atoms with E-state index in [1.54, 1.807) is 19.1 Å². The highest BCUT2D eigenvalue weighted by Gasteiger charge is 2.38. The van der Waals surface area contributed by atoms with E-state index >= 15 is 0 Å². The third-order valence-electron chi connectivity index (χ3n) is 2.70. The number of aryl methyl sites for hydroxylation is 1. The van der Waals surface area contributed by atoms with Crippen molar-refractivity contribution in [3.8, 4) is 11.5 Å². The predicted octanol–water partition coefficient (Wildman–Crippen LogP) is 1.56. The average Bonchev–Trinajstić information content (AvgIpc) is 2.18. The first kappa shape index (κ1) is 9.83. The Morgan fingerprint density at radius 2 is 2.27 bits per heavy atom. The molecule has 15 heavy (non-hydrogen) atoms. The third-order valence-corrected chi connectivity index (χ3v) is 2.70. The molecular formula is C11H12O4. The number of ether oxygens (including phenoxy) is 1.